The van der Waals surface area contributed by atoms with Crippen molar-refractivity contribution in [3.8, 4) is 11.1 Å². The van der Waals surface area contributed by atoms with Gasteiger partial charge in [-0.15, -0.1) is 0 Å². The van der Waals surface area contributed by atoms with Crippen LogP contribution in [-0.4, -0.2) is 73.7 Å². The minimum Gasteiger partial charge on any atom is -0.481 e. The smallest absolute Gasteiger partial charge is 0.407 e. The molecule has 0 heterocycles. The molecule has 2 aromatic rings. The molecule has 35 heavy (non-hydrogen) atoms. The van der Waals surface area contributed by atoms with Gasteiger partial charge in [-0.3, -0.25) is 9.59 Å². The van der Waals surface area contributed by atoms with Crippen LogP contribution in [0, 0.1) is 11.8 Å². The van der Waals surface area contributed by atoms with Gasteiger partial charge in [-0.25, -0.2) is 13.6 Å². The lowest BCUT2D eigenvalue weighted by atomic mass is 9.98. The molecule has 0 radical (unpaired) electrons. The summed E-state index contributed by atoms with van der Waals surface area (Å²) in [5.41, 5.74) is 4.25. The maximum absolute atomic E-state index is 13.6. The number of aliphatic carboxylic acids is 1. The van der Waals surface area contributed by atoms with Crippen LogP contribution in [0.15, 0.2) is 48.5 Å². The molecule has 8 nitrogen and oxygen atoms in total. The van der Waals surface area contributed by atoms with E-state index in [4.69, 9.17) is 9.84 Å². The summed E-state index contributed by atoms with van der Waals surface area (Å²) in [6.45, 7) is -0.344. The number of nitrogens with zero attached hydrogens (tertiary/aromatic N) is 1. The third kappa shape index (κ3) is 4.97. The average molecular weight is 488 g/mol. The highest BCUT2D eigenvalue weighted by molar-refractivity contribution is 5.86. The van der Waals surface area contributed by atoms with Gasteiger partial charge >= 0.3 is 12.1 Å². The first-order valence-corrected chi connectivity index (χ1v) is 11.3. The van der Waals surface area contributed by atoms with E-state index in [1.807, 2.05) is 48.5 Å². The number of fused-ring (bicyclic) bond motifs is 3. The number of alkyl halides is 2. The van der Waals surface area contributed by atoms with Crippen molar-refractivity contribution in [1.29, 1.82) is 0 Å². The van der Waals surface area contributed by atoms with E-state index in [1.165, 1.54) is 0 Å². The minimum absolute atomic E-state index is 0.0603. The maximum atomic E-state index is 13.6. The fraction of sp³-hybridized carbons (Fsp3) is 0.400. The van der Waals surface area contributed by atoms with Gasteiger partial charge in [0.25, 0.3) is 5.92 Å². The van der Waals surface area contributed by atoms with E-state index in [1.54, 1.807) is 19.0 Å². The number of carbonyl (C=O) groups excluding carboxylic acids is 2. The molecule has 2 aliphatic rings. The third-order valence-corrected chi connectivity index (χ3v) is 6.46. The van der Waals surface area contributed by atoms with E-state index in [-0.39, 0.29) is 19.1 Å². The zero-order valence-corrected chi connectivity index (χ0v) is 19.3. The molecule has 0 saturated heterocycles. The quantitative estimate of drug-likeness (QED) is 0.502. The molecular formula is C25H27F2N3O5. The molecule has 3 N–H and O–H groups in total. The molecule has 0 spiro atoms. The Labute approximate surface area is 201 Å². The number of carboxylic acid groups (broad SMARTS) is 1. The van der Waals surface area contributed by atoms with Crippen molar-refractivity contribution < 1.29 is 33.0 Å². The number of hydrogen-bond acceptors (Lipinski definition) is 5. The van der Waals surface area contributed by atoms with Crippen LogP contribution in [0.25, 0.3) is 11.1 Å². The first-order chi connectivity index (χ1) is 16.6. The van der Waals surface area contributed by atoms with E-state index in [0.29, 0.717) is 0 Å². The Balaban J connectivity index is 1.36. The lowest BCUT2D eigenvalue weighted by molar-refractivity contribution is -0.141. The van der Waals surface area contributed by atoms with Crippen LogP contribution in [0.4, 0.5) is 13.6 Å². The number of ether oxygens (including phenoxy) is 1. The predicted molar refractivity (Wildman–Crippen MR) is 123 cm³/mol. The molecule has 186 valence electrons. The topological polar surface area (TPSA) is 108 Å². The van der Waals surface area contributed by atoms with Gasteiger partial charge < -0.3 is 25.4 Å². The summed E-state index contributed by atoms with van der Waals surface area (Å²) in [7, 11) is 3.38. The van der Waals surface area contributed by atoms with Gasteiger partial charge in [-0.1, -0.05) is 48.5 Å². The molecule has 2 aromatic carbocycles. The van der Waals surface area contributed by atoms with Crippen molar-refractivity contribution in [3.63, 3.8) is 0 Å². The molecule has 1 saturated carbocycles. The standard InChI is InChI=1S/C25H27F2N3O5/c1-30(2)12-20(22(31)28-11-19-21(23(32)33)25(19,26)27)29-24(34)35-13-18-16-9-5-3-7-14(16)15-8-4-6-10-17(15)18/h3-10,18-21H,11-13H2,1-2H3,(H,28,31)(H,29,34)(H,32,33)/t19?,20-,21?/m0/s1. The largest absolute Gasteiger partial charge is 0.481 e. The normalized spacial score (nSPS) is 20.5. The fourth-order valence-corrected chi connectivity index (χ4v) is 4.66. The van der Waals surface area contributed by atoms with Crippen LogP contribution in [0.5, 0.6) is 0 Å². The summed E-state index contributed by atoms with van der Waals surface area (Å²) >= 11 is 0. The lowest BCUT2D eigenvalue weighted by Gasteiger charge is -2.22. The molecule has 0 bridgehead atoms. The summed E-state index contributed by atoms with van der Waals surface area (Å²) in [4.78, 5) is 37.8. The Hall–Kier alpha value is -3.53. The van der Waals surface area contributed by atoms with Crippen LogP contribution in [0.1, 0.15) is 17.0 Å². The van der Waals surface area contributed by atoms with Gasteiger partial charge in [0.2, 0.25) is 5.91 Å². The first-order valence-electron chi connectivity index (χ1n) is 11.3. The second-order valence-electron chi connectivity index (χ2n) is 9.13. The SMILES string of the molecule is CN(C)C[C@H](NC(=O)OCC1c2ccccc2-c2ccccc21)C(=O)NCC1C(C(=O)O)C1(F)F. The van der Waals surface area contributed by atoms with Crippen LogP contribution in [-0.2, 0) is 14.3 Å². The fourth-order valence-electron chi connectivity index (χ4n) is 4.66. The Morgan fingerprint density at radius 2 is 1.63 bits per heavy atom. The number of likely N-dealkylation sites (N-methyl/N-ethyl adjacent to an activating group) is 1. The number of amides is 2. The van der Waals surface area contributed by atoms with E-state index in [0.717, 1.165) is 22.3 Å². The molecular weight excluding hydrogens is 460 g/mol. The Kier molecular flexibility index (Phi) is 6.75. The molecule has 0 aliphatic heterocycles. The van der Waals surface area contributed by atoms with Gasteiger partial charge in [0.05, 0.1) is 5.92 Å². The zero-order valence-electron chi connectivity index (χ0n) is 19.3. The van der Waals surface area contributed by atoms with Crippen molar-refractivity contribution >= 4 is 18.0 Å². The number of hydrogen-bond donors (Lipinski definition) is 3. The van der Waals surface area contributed by atoms with E-state index >= 15 is 0 Å². The van der Waals surface area contributed by atoms with E-state index in [2.05, 4.69) is 10.6 Å². The molecule has 1 fully saturated rings. The first kappa shape index (κ1) is 24.6. The summed E-state index contributed by atoms with van der Waals surface area (Å²) in [5.74, 6) is -9.10. The monoisotopic (exact) mass is 487 g/mol. The minimum atomic E-state index is -3.36. The van der Waals surface area contributed by atoms with Gasteiger partial charge in [0.15, 0.2) is 0 Å². The van der Waals surface area contributed by atoms with Gasteiger partial charge in [0, 0.05) is 19.0 Å². The molecule has 2 unspecified atom stereocenters. The highest BCUT2D eigenvalue weighted by Gasteiger charge is 2.72. The molecule has 10 heteroatoms. The number of benzene rings is 2. The van der Waals surface area contributed by atoms with Crippen LogP contribution in [0.2, 0.25) is 0 Å². The molecule has 2 amide bonds. The summed E-state index contributed by atoms with van der Waals surface area (Å²) in [6, 6.07) is 14.7. The van der Waals surface area contributed by atoms with Crippen LogP contribution < -0.4 is 10.6 Å². The number of rotatable bonds is 9. The Bertz CT molecular complexity index is 1090. The lowest BCUT2D eigenvalue weighted by Crippen LogP contribution is -2.52. The second kappa shape index (κ2) is 9.61. The predicted octanol–water partition coefficient (Wildman–Crippen LogP) is 2.54. The molecule has 3 atom stereocenters. The van der Waals surface area contributed by atoms with Crippen molar-refractivity contribution in [2.45, 2.75) is 17.9 Å². The van der Waals surface area contributed by atoms with Crippen LogP contribution >= 0.6 is 0 Å². The number of carboxylic acids is 1. The molecule has 0 aromatic heterocycles. The van der Waals surface area contributed by atoms with Crippen molar-refractivity contribution in [2.75, 3.05) is 33.8 Å². The zero-order chi connectivity index (χ0) is 25.3. The summed E-state index contributed by atoms with van der Waals surface area (Å²) in [5, 5.41) is 13.7. The second-order valence-corrected chi connectivity index (χ2v) is 9.13. The van der Waals surface area contributed by atoms with Gasteiger partial charge in [0.1, 0.15) is 18.6 Å². The van der Waals surface area contributed by atoms with Gasteiger partial charge in [-0.2, -0.15) is 0 Å². The van der Waals surface area contributed by atoms with Crippen molar-refractivity contribution in [1.82, 2.24) is 15.5 Å². The van der Waals surface area contributed by atoms with E-state index in [9.17, 15) is 23.2 Å². The maximum Gasteiger partial charge on any atom is 0.407 e. The average Bonchev–Trinajstić information content (AvgIpc) is 3.22. The number of halogens is 2. The summed E-state index contributed by atoms with van der Waals surface area (Å²) in [6.07, 6.45) is -0.811. The van der Waals surface area contributed by atoms with Crippen LogP contribution in [0.3, 0.4) is 0 Å². The highest BCUT2D eigenvalue weighted by Crippen LogP contribution is 2.54. The van der Waals surface area contributed by atoms with Gasteiger partial charge in [-0.05, 0) is 36.3 Å². The van der Waals surface area contributed by atoms with E-state index < -0.39 is 48.3 Å². The number of carbonyl (C=O) groups is 3. The number of alkyl carbamates (subject to hydrolysis) is 1. The van der Waals surface area contributed by atoms with Crippen molar-refractivity contribution in [3.05, 3.63) is 59.7 Å². The Morgan fingerprint density at radius 1 is 1.06 bits per heavy atom. The highest BCUT2D eigenvalue weighted by atomic mass is 19.3. The third-order valence-electron chi connectivity index (χ3n) is 6.46. The molecule has 4 rings (SSSR count). The number of nitrogens with one attached hydrogen (secondary N) is 2. The summed E-state index contributed by atoms with van der Waals surface area (Å²) < 4.78 is 32.7. The molecule has 2 aliphatic carbocycles. The Morgan fingerprint density at radius 3 is 2.14 bits per heavy atom. The van der Waals surface area contributed by atoms with Crippen molar-refractivity contribution in [2.24, 2.45) is 11.8 Å².